The molecule has 3 aromatic rings. The number of benzene rings is 2. The predicted octanol–water partition coefficient (Wildman–Crippen LogP) is 4.26. The van der Waals surface area contributed by atoms with Crippen molar-refractivity contribution in [1.82, 2.24) is 10.3 Å². The third-order valence-electron chi connectivity index (χ3n) is 3.85. The molecule has 0 aliphatic heterocycles. The first kappa shape index (κ1) is 17.0. The van der Waals surface area contributed by atoms with E-state index in [2.05, 4.69) is 10.3 Å². The summed E-state index contributed by atoms with van der Waals surface area (Å²) in [6.07, 6.45) is 1.46. The summed E-state index contributed by atoms with van der Waals surface area (Å²) >= 11 is 5.79. The normalized spacial score (nSPS) is 11.6. The summed E-state index contributed by atoms with van der Waals surface area (Å²) in [7, 11) is 1.62. The minimum absolute atomic E-state index is 0.232. The number of halogens is 1. The smallest absolute Gasteiger partial charge is 0.253 e. The molecule has 1 amide bonds. The molecular weight excluding hydrogens is 336 g/mol. The number of hydrogen-bond donors (Lipinski definition) is 1. The van der Waals surface area contributed by atoms with Crippen LogP contribution in [0.15, 0.2) is 72.9 Å². The summed E-state index contributed by atoms with van der Waals surface area (Å²) in [5, 5.41) is 3.41. The second-order valence-electron chi connectivity index (χ2n) is 5.43. The van der Waals surface area contributed by atoms with Crippen LogP contribution in [0.1, 0.15) is 27.5 Å². The van der Waals surface area contributed by atoms with E-state index in [1.807, 2.05) is 54.6 Å². The SMILES string of the molecule is COc1ccccc1C(NC(=O)c1ccc(Cl)nc1)c1ccccc1. The minimum atomic E-state index is -0.347. The lowest BCUT2D eigenvalue weighted by Gasteiger charge is -2.22. The molecule has 0 bridgehead atoms. The number of nitrogens with one attached hydrogen (secondary N) is 1. The number of carbonyl (C=O) groups is 1. The van der Waals surface area contributed by atoms with Crippen LogP contribution in [-0.2, 0) is 0 Å². The number of aromatic nitrogens is 1. The van der Waals surface area contributed by atoms with E-state index in [0.29, 0.717) is 16.5 Å². The van der Waals surface area contributed by atoms with E-state index in [1.54, 1.807) is 19.2 Å². The molecule has 1 N–H and O–H groups in total. The number of carbonyl (C=O) groups excluding carboxylic acids is 1. The van der Waals surface area contributed by atoms with E-state index < -0.39 is 0 Å². The Bertz CT molecular complexity index is 851. The average Bonchev–Trinajstić information content (AvgIpc) is 2.67. The first-order chi connectivity index (χ1) is 12.2. The van der Waals surface area contributed by atoms with Gasteiger partial charge in [0.2, 0.25) is 0 Å². The van der Waals surface area contributed by atoms with Crippen molar-refractivity contribution >= 4 is 17.5 Å². The summed E-state index contributed by atoms with van der Waals surface area (Å²) in [5.41, 5.74) is 2.29. The van der Waals surface area contributed by atoms with Crippen LogP contribution < -0.4 is 10.1 Å². The largest absolute Gasteiger partial charge is 0.496 e. The van der Waals surface area contributed by atoms with Gasteiger partial charge in [-0.05, 0) is 23.8 Å². The fourth-order valence-electron chi connectivity index (χ4n) is 2.62. The lowest BCUT2D eigenvalue weighted by Crippen LogP contribution is -2.29. The van der Waals surface area contributed by atoms with Crippen molar-refractivity contribution in [3.8, 4) is 5.75 Å². The molecule has 0 aliphatic carbocycles. The van der Waals surface area contributed by atoms with Gasteiger partial charge in [0, 0.05) is 11.8 Å². The Morgan fingerprint density at radius 3 is 2.44 bits per heavy atom. The van der Waals surface area contributed by atoms with Gasteiger partial charge in [-0.1, -0.05) is 60.1 Å². The van der Waals surface area contributed by atoms with Crippen molar-refractivity contribution in [2.24, 2.45) is 0 Å². The molecule has 0 spiro atoms. The van der Waals surface area contributed by atoms with Crippen LogP contribution in [0.4, 0.5) is 0 Å². The van der Waals surface area contributed by atoms with Crippen molar-refractivity contribution < 1.29 is 9.53 Å². The second kappa shape index (κ2) is 7.81. The maximum Gasteiger partial charge on any atom is 0.253 e. The van der Waals surface area contributed by atoms with E-state index in [0.717, 1.165) is 11.1 Å². The number of nitrogens with zero attached hydrogens (tertiary/aromatic N) is 1. The first-order valence-electron chi connectivity index (χ1n) is 7.79. The number of methoxy groups -OCH3 is 1. The molecular formula is C20H17ClN2O2. The molecule has 1 unspecified atom stereocenters. The number of hydrogen-bond acceptors (Lipinski definition) is 3. The number of pyridine rings is 1. The zero-order chi connectivity index (χ0) is 17.6. The van der Waals surface area contributed by atoms with Crippen LogP contribution in [0.2, 0.25) is 5.15 Å². The van der Waals surface area contributed by atoms with E-state index in [4.69, 9.17) is 16.3 Å². The van der Waals surface area contributed by atoms with Gasteiger partial charge in [0.05, 0.1) is 18.7 Å². The predicted molar refractivity (Wildman–Crippen MR) is 98.0 cm³/mol. The molecule has 5 heteroatoms. The second-order valence-corrected chi connectivity index (χ2v) is 5.82. The molecule has 4 nitrogen and oxygen atoms in total. The van der Waals surface area contributed by atoms with Crippen LogP contribution in [0.25, 0.3) is 0 Å². The third-order valence-corrected chi connectivity index (χ3v) is 4.07. The van der Waals surface area contributed by atoms with Crippen molar-refractivity contribution in [2.45, 2.75) is 6.04 Å². The molecule has 0 radical (unpaired) electrons. The van der Waals surface area contributed by atoms with E-state index in [9.17, 15) is 4.79 Å². The quantitative estimate of drug-likeness (QED) is 0.698. The highest BCUT2D eigenvalue weighted by atomic mass is 35.5. The summed E-state index contributed by atoms with van der Waals surface area (Å²) in [6, 6.07) is 20.3. The zero-order valence-electron chi connectivity index (χ0n) is 13.6. The molecule has 0 fully saturated rings. The number of amides is 1. The molecule has 2 aromatic carbocycles. The van der Waals surface area contributed by atoms with Crippen LogP contribution in [-0.4, -0.2) is 18.0 Å². The minimum Gasteiger partial charge on any atom is -0.496 e. The van der Waals surface area contributed by atoms with Crippen LogP contribution in [0.5, 0.6) is 5.75 Å². The highest BCUT2D eigenvalue weighted by Crippen LogP contribution is 2.30. The molecule has 126 valence electrons. The molecule has 25 heavy (non-hydrogen) atoms. The van der Waals surface area contributed by atoms with E-state index in [1.165, 1.54) is 6.20 Å². The van der Waals surface area contributed by atoms with Gasteiger partial charge in [0.1, 0.15) is 10.9 Å². The van der Waals surface area contributed by atoms with Crippen molar-refractivity contribution in [3.05, 3.63) is 94.8 Å². The summed E-state index contributed by atoms with van der Waals surface area (Å²) in [5.74, 6) is 0.481. The van der Waals surface area contributed by atoms with Crippen molar-refractivity contribution in [2.75, 3.05) is 7.11 Å². The average molecular weight is 353 g/mol. The molecule has 1 aromatic heterocycles. The number of ether oxygens (including phenoxy) is 1. The molecule has 3 rings (SSSR count). The summed E-state index contributed by atoms with van der Waals surface area (Å²) in [4.78, 5) is 16.6. The highest BCUT2D eigenvalue weighted by molar-refractivity contribution is 6.29. The lowest BCUT2D eigenvalue weighted by molar-refractivity contribution is 0.0942. The Labute approximate surface area is 151 Å². The van der Waals surface area contributed by atoms with Gasteiger partial charge in [-0.3, -0.25) is 4.79 Å². The Hall–Kier alpha value is -2.85. The third kappa shape index (κ3) is 3.98. The Balaban J connectivity index is 1.97. The van der Waals surface area contributed by atoms with Gasteiger partial charge in [-0.25, -0.2) is 4.98 Å². The fraction of sp³-hybridized carbons (Fsp3) is 0.100. The summed E-state index contributed by atoms with van der Waals surface area (Å²) < 4.78 is 5.47. The fourth-order valence-corrected chi connectivity index (χ4v) is 2.73. The maximum absolute atomic E-state index is 12.7. The monoisotopic (exact) mass is 352 g/mol. The Morgan fingerprint density at radius 2 is 1.76 bits per heavy atom. The standard InChI is InChI=1S/C20H17ClN2O2/c1-25-17-10-6-5-9-16(17)19(14-7-3-2-4-8-14)23-20(24)15-11-12-18(21)22-13-15/h2-13,19H,1H3,(H,23,24). The van der Waals surface area contributed by atoms with E-state index in [-0.39, 0.29) is 11.9 Å². The molecule has 0 saturated carbocycles. The molecule has 1 atom stereocenters. The van der Waals surface area contributed by atoms with E-state index >= 15 is 0 Å². The molecule has 0 saturated heterocycles. The van der Waals surface area contributed by atoms with Gasteiger partial charge in [-0.15, -0.1) is 0 Å². The van der Waals surface area contributed by atoms with Crippen LogP contribution in [0, 0.1) is 0 Å². The van der Waals surface area contributed by atoms with Gasteiger partial charge in [-0.2, -0.15) is 0 Å². The Morgan fingerprint density at radius 1 is 1.04 bits per heavy atom. The van der Waals surface area contributed by atoms with Crippen molar-refractivity contribution in [1.29, 1.82) is 0 Å². The lowest BCUT2D eigenvalue weighted by atomic mass is 9.97. The highest BCUT2D eigenvalue weighted by Gasteiger charge is 2.21. The molecule has 1 heterocycles. The first-order valence-corrected chi connectivity index (χ1v) is 8.17. The number of rotatable bonds is 5. The number of para-hydroxylation sites is 1. The van der Waals surface area contributed by atoms with Crippen LogP contribution >= 0.6 is 11.6 Å². The summed E-state index contributed by atoms with van der Waals surface area (Å²) in [6.45, 7) is 0. The maximum atomic E-state index is 12.7. The zero-order valence-corrected chi connectivity index (χ0v) is 14.4. The topological polar surface area (TPSA) is 51.2 Å². The molecule has 0 aliphatic rings. The van der Waals surface area contributed by atoms with Crippen molar-refractivity contribution in [3.63, 3.8) is 0 Å². The van der Waals surface area contributed by atoms with Crippen LogP contribution in [0.3, 0.4) is 0 Å². The van der Waals surface area contributed by atoms with Gasteiger partial charge in [0.15, 0.2) is 0 Å². The van der Waals surface area contributed by atoms with Gasteiger partial charge < -0.3 is 10.1 Å². The Kier molecular flexibility index (Phi) is 5.31. The van der Waals surface area contributed by atoms with Gasteiger partial charge >= 0.3 is 0 Å². The van der Waals surface area contributed by atoms with Gasteiger partial charge in [0.25, 0.3) is 5.91 Å².